The zero-order valence-corrected chi connectivity index (χ0v) is 11.8. The van der Waals surface area contributed by atoms with Crippen LogP contribution in [0.25, 0.3) is 0 Å². The summed E-state index contributed by atoms with van der Waals surface area (Å²) < 4.78 is 18.1. The molecule has 0 bridgehead atoms. The third-order valence-corrected chi connectivity index (χ3v) is 4.15. The highest BCUT2D eigenvalue weighted by Gasteiger charge is 2.27. The second kappa shape index (κ2) is 7.20. The largest absolute Gasteiger partial charge is 0.466 e. The minimum absolute atomic E-state index is 0.0398. The molecule has 2 fully saturated rings. The number of piperidine rings is 1. The van der Waals surface area contributed by atoms with E-state index in [-0.39, 0.29) is 11.9 Å². The van der Waals surface area contributed by atoms with Crippen molar-refractivity contribution in [2.24, 2.45) is 5.92 Å². The number of alkyl halides is 1. The van der Waals surface area contributed by atoms with E-state index in [4.69, 9.17) is 4.74 Å². The Bertz CT molecular complexity index is 293. The summed E-state index contributed by atoms with van der Waals surface area (Å²) in [5, 5.41) is 0. The third kappa shape index (κ3) is 4.42. The summed E-state index contributed by atoms with van der Waals surface area (Å²) in [6, 6.07) is 0. The van der Waals surface area contributed by atoms with Gasteiger partial charge in [0.1, 0.15) is 6.17 Å². The molecule has 2 aliphatic heterocycles. The van der Waals surface area contributed by atoms with Crippen molar-refractivity contribution in [2.45, 2.75) is 32.4 Å². The van der Waals surface area contributed by atoms with Gasteiger partial charge in [-0.1, -0.05) is 0 Å². The highest BCUT2D eigenvalue weighted by Crippen LogP contribution is 2.19. The van der Waals surface area contributed by atoms with Gasteiger partial charge in [-0.3, -0.25) is 9.69 Å². The van der Waals surface area contributed by atoms with Gasteiger partial charge in [-0.15, -0.1) is 0 Å². The van der Waals surface area contributed by atoms with Gasteiger partial charge in [0, 0.05) is 26.2 Å². The average molecular weight is 272 g/mol. The molecule has 0 aliphatic carbocycles. The molecule has 2 saturated heterocycles. The SMILES string of the molecule is CCOC(=O)C1CCN(CCN2CC[C@H](F)C2)CC1. The van der Waals surface area contributed by atoms with Gasteiger partial charge in [0.15, 0.2) is 0 Å². The van der Waals surface area contributed by atoms with Gasteiger partial charge in [-0.2, -0.15) is 0 Å². The molecule has 1 atom stereocenters. The normalized spacial score (nSPS) is 26.7. The first-order valence-corrected chi connectivity index (χ1v) is 7.44. The summed E-state index contributed by atoms with van der Waals surface area (Å²) in [6.07, 6.45) is 1.84. The molecule has 2 aliphatic rings. The van der Waals surface area contributed by atoms with Crippen molar-refractivity contribution in [3.8, 4) is 0 Å². The maximum absolute atomic E-state index is 13.0. The Morgan fingerprint density at radius 3 is 2.37 bits per heavy atom. The summed E-state index contributed by atoms with van der Waals surface area (Å²) in [4.78, 5) is 16.2. The molecule has 4 nitrogen and oxygen atoms in total. The van der Waals surface area contributed by atoms with Gasteiger partial charge < -0.3 is 9.64 Å². The van der Waals surface area contributed by atoms with E-state index in [1.807, 2.05) is 6.92 Å². The first-order valence-electron chi connectivity index (χ1n) is 7.44. The van der Waals surface area contributed by atoms with E-state index in [0.717, 1.165) is 45.6 Å². The Labute approximate surface area is 114 Å². The Morgan fingerprint density at radius 2 is 1.79 bits per heavy atom. The fourth-order valence-corrected chi connectivity index (χ4v) is 2.92. The molecule has 0 aromatic rings. The van der Waals surface area contributed by atoms with Crippen LogP contribution in [0.15, 0.2) is 0 Å². The predicted molar refractivity (Wildman–Crippen MR) is 71.8 cm³/mol. The fourth-order valence-electron chi connectivity index (χ4n) is 2.92. The lowest BCUT2D eigenvalue weighted by Crippen LogP contribution is -2.41. The summed E-state index contributed by atoms with van der Waals surface area (Å²) in [5.74, 6) is 0.0418. The van der Waals surface area contributed by atoms with Crippen LogP contribution < -0.4 is 0 Å². The van der Waals surface area contributed by atoms with E-state index in [9.17, 15) is 9.18 Å². The summed E-state index contributed by atoms with van der Waals surface area (Å²) in [5.41, 5.74) is 0. The lowest BCUT2D eigenvalue weighted by molar-refractivity contribution is -0.149. The Kier molecular flexibility index (Phi) is 5.58. The third-order valence-electron chi connectivity index (χ3n) is 4.15. The maximum atomic E-state index is 13.0. The van der Waals surface area contributed by atoms with E-state index in [2.05, 4.69) is 9.80 Å². The Balaban J connectivity index is 1.62. The molecule has 0 radical (unpaired) electrons. The topological polar surface area (TPSA) is 32.8 Å². The van der Waals surface area contributed by atoms with E-state index in [1.165, 1.54) is 0 Å². The van der Waals surface area contributed by atoms with Crippen LogP contribution in [0.3, 0.4) is 0 Å². The molecule has 0 amide bonds. The minimum atomic E-state index is -0.630. The number of hydrogen-bond donors (Lipinski definition) is 0. The molecular formula is C14H25FN2O2. The van der Waals surface area contributed by atoms with Crippen molar-refractivity contribution < 1.29 is 13.9 Å². The van der Waals surface area contributed by atoms with E-state index in [1.54, 1.807) is 0 Å². The fraction of sp³-hybridized carbons (Fsp3) is 0.929. The van der Waals surface area contributed by atoms with Crippen LogP contribution in [-0.2, 0) is 9.53 Å². The van der Waals surface area contributed by atoms with Gasteiger partial charge in [-0.25, -0.2) is 4.39 Å². The Hall–Kier alpha value is -0.680. The maximum Gasteiger partial charge on any atom is 0.309 e. The lowest BCUT2D eigenvalue weighted by Gasteiger charge is -2.31. The molecule has 0 aromatic carbocycles. The highest BCUT2D eigenvalue weighted by atomic mass is 19.1. The molecule has 0 saturated carbocycles. The average Bonchev–Trinajstić information content (AvgIpc) is 2.83. The second-order valence-corrected chi connectivity index (χ2v) is 5.55. The highest BCUT2D eigenvalue weighted by molar-refractivity contribution is 5.72. The predicted octanol–water partition coefficient (Wildman–Crippen LogP) is 1.31. The number of rotatable bonds is 5. The number of hydrogen-bond acceptors (Lipinski definition) is 4. The summed E-state index contributed by atoms with van der Waals surface area (Å²) in [7, 11) is 0. The summed E-state index contributed by atoms with van der Waals surface area (Å²) in [6.45, 7) is 7.65. The van der Waals surface area contributed by atoms with Crippen LogP contribution in [0.5, 0.6) is 0 Å². The molecule has 2 heterocycles. The number of ether oxygens (including phenoxy) is 1. The smallest absolute Gasteiger partial charge is 0.309 e. The molecule has 0 N–H and O–H groups in total. The number of likely N-dealkylation sites (tertiary alicyclic amines) is 2. The van der Waals surface area contributed by atoms with Gasteiger partial charge >= 0.3 is 5.97 Å². The number of nitrogens with zero attached hydrogens (tertiary/aromatic N) is 2. The van der Waals surface area contributed by atoms with Crippen LogP contribution in [0, 0.1) is 5.92 Å². The standard InChI is InChI=1S/C14H25FN2O2/c1-2-19-14(18)12-3-6-16(7-4-12)9-10-17-8-5-13(15)11-17/h12-13H,2-11H2,1H3/t13-/m0/s1. The van der Waals surface area contributed by atoms with E-state index in [0.29, 0.717) is 19.6 Å². The molecule has 0 spiro atoms. The molecule has 0 aromatic heterocycles. The van der Waals surface area contributed by atoms with Crippen molar-refractivity contribution in [1.29, 1.82) is 0 Å². The molecule has 110 valence electrons. The summed E-state index contributed by atoms with van der Waals surface area (Å²) >= 11 is 0. The van der Waals surface area contributed by atoms with Crippen LogP contribution in [-0.4, -0.2) is 67.8 Å². The molecule has 0 unspecified atom stereocenters. The van der Waals surface area contributed by atoms with Crippen molar-refractivity contribution in [1.82, 2.24) is 9.80 Å². The van der Waals surface area contributed by atoms with Crippen molar-refractivity contribution in [3.63, 3.8) is 0 Å². The molecule has 5 heteroatoms. The second-order valence-electron chi connectivity index (χ2n) is 5.55. The number of halogens is 1. The monoisotopic (exact) mass is 272 g/mol. The van der Waals surface area contributed by atoms with E-state index >= 15 is 0 Å². The first kappa shape index (κ1) is 14.7. The van der Waals surface area contributed by atoms with E-state index < -0.39 is 6.17 Å². The molecule has 2 rings (SSSR count). The number of esters is 1. The quantitative estimate of drug-likeness (QED) is 0.706. The Morgan fingerprint density at radius 1 is 1.16 bits per heavy atom. The van der Waals surface area contributed by atoms with Crippen molar-refractivity contribution in [2.75, 3.05) is 45.9 Å². The lowest BCUT2D eigenvalue weighted by atomic mass is 9.97. The molecular weight excluding hydrogens is 247 g/mol. The first-order chi connectivity index (χ1) is 9.19. The van der Waals surface area contributed by atoms with Crippen LogP contribution >= 0.6 is 0 Å². The zero-order chi connectivity index (χ0) is 13.7. The van der Waals surface area contributed by atoms with Gasteiger partial charge in [0.25, 0.3) is 0 Å². The van der Waals surface area contributed by atoms with Crippen LogP contribution in [0.2, 0.25) is 0 Å². The number of carbonyl (C=O) groups excluding carboxylic acids is 1. The van der Waals surface area contributed by atoms with Crippen molar-refractivity contribution in [3.05, 3.63) is 0 Å². The van der Waals surface area contributed by atoms with Gasteiger partial charge in [0.2, 0.25) is 0 Å². The zero-order valence-electron chi connectivity index (χ0n) is 11.8. The molecule has 19 heavy (non-hydrogen) atoms. The van der Waals surface area contributed by atoms with Gasteiger partial charge in [0.05, 0.1) is 12.5 Å². The van der Waals surface area contributed by atoms with Crippen LogP contribution in [0.4, 0.5) is 4.39 Å². The van der Waals surface area contributed by atoms with Crippen molar-refractivity contribution >= 4 is 5.97 Å². The minimum Gasteiger partial charge on any atom is -0.466 e. The van der Waals surface area contributed by atoms with Gasteiger partial charge in [-0.05, 0) is 39.3 Å². The number of carbonyl (C=O) groups is 1. The van der Waals surface area contributed by atoms with Crippen LogP contribution in [0.1, 0.15) is 26.2 Å².